The Hall–Kier alpha value is -3.29. The number of benzene rings is 3. The maximum atomic E-state index is 11.9. The van der Waals surface area contributed by atoms with Gasteiger partial charge in [0.15, 0.2) is 0 Å². The highest BCUT2D eigenvalue weighted by atomic mass is 16.7. The highest BCUT2D eigenvalue weighted by molar-refractivity contribution is 5.66. The topological polar surface area (TPSA) is 63.2 Å². The van der Waals surface area contributed by atoms with Crippen molar-refractivity contribution in [1.82, 2.24) is 0 Å². The molecule has 1 saturated heterocycles. The van der Waals surface area contributed by atoms with E-state index in [9.17, 15) is 4.79 Å². The van der Waals surface area contributed by atoms with Crippen molar-refractivity contribution in [3.63, 3.8) is 0 Å². The standard InChI is InChI=1S/C30H32O6/c1-3-26-27(32-19-23-13-7-4-8-14-23)28(33-20-24-15-9-5-10-16-24)29(30(36-26)35-22(2)31)34-21-25-17-11-6-12-18-25/h3-18,26-30H,1,19-21H2,2H3/t26-,27-,28+,29-,30+/m1/s1. The first-order valence-electron chi connectivity index (χ1n) is 12.1. The summed E-state index contributed by atoms with van der Waals surface area (Å²) in [5.74, 6) is -0.471. The number of ether oxygens (including phenoxy) is 5. The average Bonchev–Trinajstić information content (AvgIpc) is 2.91. The van der Waals surface area contributed by atoms with Gasteiger partial charge in [-0.25, -0.2) is 0 Å². The molecule has 0 aliphatic carbocycles. The summed E-state index contributed by atoms with van der Waals surface area (Å²) in [6, 6.07) is 29.5. The van der Waals surface area contributed by atoms with Crippen molar-refractivity contribution in [3.8, 4) is 0 Å². The van der Waals surface area contributed by atoms with Gasteiger partial charge in [-0.15, -0.1) is 6.58 Å². The maximum absolute atomic E-state index is 11.9. The molecular formula is C30H32O6. The Morgan fingerprint density at radius 3 is 1.56 bits per heavy atom. The molecule has 5 atom stereocenters. The highest BCUT2D eigenvalue weighted by Crippen LogP contribution is 2.31. The van der Waals surface area contributed by atoms with Crippen LogP contribution in [0.2, 0.25) is 0 Å². The molecule has 0 N–H and O–H groups in total. The Morgan fingerprint density at radius 2 is 1.14 bits per heavy atom. The molecule has 6 nitrogen and oxygen atoms in total. The molecule has 1 aliphatic heterocycles. The molecule has 0 bridgehead atoms. The monoisotopic (exact) mass is 488 g/mol. The summed E-state index contributed by atoms with van der Waals surface area (Å²) in [6.07, 6.45) is -1.77. The number of hydrogen-bond acceptors (Lipinski definition) is 6. The van der Waals surface area contributed by atoms with E-state index in [4.69, 9.17) is 23.7 Å². The van der Waals surface area contributed by atoms with Crippen molar-refractivity contribution in [3.05, 3.63) is 120 Å². The Bertz CT molecular complexity index is 1070. The lowest BCUT2D eigenvalue weighted by Gasteiger charge is -2.44. The third kappa shape index (κ3) is 7.12. The van der Waals surface area contributed by atoms with Gasteiger partial charge in [-0.2, -0.15) is 0 Å². The third-order valence-corrected chi connectivity index (χ3v) is 5.90. The quantitative estimate of drug-likeness (QED) is 0.273. The van der Waals surface area contributed by atoms with Crippen LogP contribution in [0.1, 0.15) is 23.6 Å². The van der Waals surface area contributed by atoms with Crippen molar-refractivity contribution in [1.29, 1.82) is 0 Å². The molecule has 0 amide bonds. The van der Waals surface area contributed by atoms with Crippen LogP contribution in [0.4, 0.5) is 0 Å². The molecule has 0 unspecified atom stereocenters. The van der Waals surface area contributed by atoms with Gasteiger partial charge in [0, 0.05) is 6.92 Å². The van der Waals surface area contributed by atoms with Crippen LogP contribution in [0.25, 0.3) is 0 Å². The van der Waals surface area contributed by atoms with Gasteiger partial charge in [-0.05, 0) is 16.7 Å². The van der Waals surface area contributed by atoms with Crippen molar-refractivity contribution in [2.75, 3.05) is 0 Å². The van der Waals surface area contributed by atoms with Gasteiger partial charge in [-0.3, -0.25) is 4.79 Å². The lowest BCUT2D eigenvalue weighted by Crippen LogP contribution is -2.60. The molecule has 1 aliphatic rings. The molecule has 1 heterocycles. The summed E-state index contributed by atoms with van der Waals surface area (Å²) < 4.78 is 30.8. The van der Waals surface area contributed by atoms with Crippen LogP contribution in [0.5, 0.6) is 0 Å². The van der Waals surface area contributed by atoms with Crippen LogP contribution in [-0.2, 0) is 48.3 Å². The third-order valence-electron chi connectivity index (χ3n) is 5.90. The summed E-state index contributed by atoms with van der Waals surface area (Å²) >= 11 is 0. The van der Waals surface area contributed by atoms with Crippen LogP contribution in [0.3, 0.4) is 0 Å². The van der Waals surface area contributed by atoms with E-state index in [1.165, 1.54) is 6.92 Å². The first-order valence-corrected chi connectivity index (χ1v) is 12.1. The molecule has 0 spiro atoms. The molecule has 0 radical (unpaired) electrons. The van der Waals surface area contributed by atoms with Gasteiger partial charge in [0.2, 0.25) is 6.29 Å². The second-order valence-corrected chi connectivity index (χ2v) is 8.60. The number of hydrogen-bond donors (Lipinski definition) is 0. The lowest BCUT2D eigenvalue weighted by atomic mass is 9.97. The molecule has 4 rings (SSSR count). The van der Waals surface area contributed by atoms with E-state index >= 15 is 0 Å². The fourth-order valence-corrected chi connectivity index (χ4v) is 4.14. The summed E-state index contributed by atoms with van der Waals surface area (Å²) in [5.41, 5.74) is 3.01. The van der Waals surface area contributed by atoms with E-state index in [-0.39, 0.29) is 0 Å². The molecule has 6 heteroatoms. The summed E-state index contributed by atoms with van der Waals surface area (Å²) in [5, 5.41) is 0. The molecular weight excluding hydrogens is 456 g/mol. The average molecular weight is 489 g/mol. The zero-order valence-electron chi connectivity index (χ0n) is 20.4. The maximum Gasteiger partial charge on any atom is 0.305 e. The van der Waals surface area contributed by atoms with Crippen LogP contribution < -0.4 is 0 Å². The number of carbonyl (C=O) groups excluding carboxylic acids is 1. The van der Waals surface area contributed by atoms with Gasteiger partial charge >= 0.3 is 5.97 Å². The first kappa shape index (κ1) is 25.8. The predicted octanol–water partition coefficient (Wildman–Crippen LogP) is 5.22. The molecule has 0 saturated carbocycles. The highest BCUT2D eigenvalue weighted by Gasteiger charge is 2.49. The number of rotatable bonds is 11. The molecule has 36 heavy (non-hydrogen) atoms. The van der Waals surface area contributed by atoms with Crippen LogP contribution in [0, 0.1) is 0 Å². The molecule has 188 valence electrons. The van der Waals surface area contributed by atoms with Crippen LogP contribution in [0.15, 0.2) is 104 Å². The van der Waals surface area contributed by atoms with Gasteiger partial charge in [0.1, 0.15) is 24.4 Å². The van der Waals surface area contributed by atoms with Crippen LogP contribution in [-0.4, -0.2) is 36.7 Å². The molecule has 3 aromatic rings. The van der Waals surface area contributed by atoms with Crippen molar-refractivity contribution in [2.24, 2.45) is 0 Å². The van der Waals surface area contributed by atoms with Gasteiger partial charge in [0.25, 0.3) is 0 Å². The normalized spacial score (nSPS) is 23.6. The SMILES string of the molecule is C=C[C@H]1O[C@H](OC(C)=O)[C@H](OCc2ccccc2)[C@@H](OCc2ccccc2)[C@@H]1OCc1ccccc1. The molecule has 1 fully saturated rings. The predicted molar refractivity (Wildman–Crippen MR) is 136 cm³/mol. The van der Waals surface area contributed by atoms with Crippen LogP contribution >= 0.6 is 0 Å². The first-order chi connectivity index (χ1) is 17.6. The number of esters is 1. The van der Waals surface area contributed by atoms with E-state index in [0.717, 1.165) is 16.7 Å². The van der Waals surface area contributed by atoms with E-state index in [1.807, 2.05) is 91.0 Å². The minimum absolute atomic E-state index is 0.294. The zero-order chi connectivity index (χ0) is 25.2. The summed E-state index contributed by atoms with van der Waals surface area (Å²) in [6.45, 7) is 6.26. The van der Waals surface area contributed by atoms with E-state index in [1.54, 1.807) is 6.08 Å². The Morgan fingerprint density at radius 1 is 0.722 bits per heavy atom. The molecule has 3 aromatic carbocycles. The van der Waals surface area contributed by atoms with Crippen molar-refractivity contribution < 1.29 is 28.5 Å². The van der Waals surface area contributed by atoms with Gasteiger partial charge in [-0.1, -0.05) is 97.1 Å². The Balaban J connectivity index is 1.61. The van der Waals surface area contributed by atoms with Gasteiger partial charge < -0.3 is 23.7 Å². The lowest BCUT2D eigenvalue weighted by molar-refractivity contribution is -0.306. The molecule has 0 aromatic heterocycles. The summed E-state index contributed by atoms with van der Waals surface area (Å²) in [4.78, 5) is 11.9. The van der Waals surface area contributed by atoms with Crippen molar-refractivity contribution in [2.45, 2.75) is 57.5 Å². The minimum Gasteiger partial charge on any atom is -0.433 e. The Kier molecular flexibility index (Phi) is 9.41. The smallest absolute Gasteiger partial charge is 0.305 e. The van der Waals surface area contributed by atoms with E-state index < -0.39 is 36.7 Å². The fourth-order valence-electron chi connectivity index (χ4n) is 4.14. The van der Waals surface area contributed by atoms with E-state index in [2.05, 4.69) is 6.58 Å². The fraction of sp³-hybridized carbons (Fsp3) is 0.300. The number of carbonyl (C=O) groups is 1. The largest absolute Gasteiger partial charge is 0.433 e. The zero-order valence-corrected chi connectivity index (χ0v) is 20.4. The minimum atomic E-state index is -0.980. The van der Waals surface area contributed by atoms with Crippen molar-refractivity contribution >= 4 is 5.97 Å². The Labute approximate surface area is 212 Å². The second-order valence-electron chi connectivity index (χ2n) is 8.60. The van der Waals surface area contributed by atoms with Gasteiger partial charge in [0.05, 0.1) is 19.8 Å². The van der Waals surface area contributed by atoms with E-state index in [0.29, 0.717) is 19.8 Å². The summed E-state index contributed by atoms with van der Waals surface area (Å²) in [7, 11) is 0. The second kappa shape index (κ2) is 13.1.